The lowest BCUT2D eigenvalue weighted by atomic mass is 10.0. The second-order valence-electron chi connectivity index (χ2n) is 4.57. The van der Waals surface area contributed by atoms with E-state index < -0.39 is 0 Å². The van der Waals surface area contributed by atoms with Crippen LogP contribution in [0.2, 0.25) is 0 Å². The van der Waals surface area contributed by atoms with Gasteiger partial charge in [-0.1, -0.05) is 0 Å². The van der Waals surface area contributed by atoms with Gasteiger partial charge in [0, 0.05) is 18.0 Å². The number of hydrogen-bond acceptors (Lipinski definition) is 3. The van der Waals surface area contributed by atoms with Gasteiger partial charge in [0.1, 0.15) is 6.10 Å². The average molecular weight is 232 g/mol. The number of carbonyl (C=O) groups excluding carboxylic acids is 1. The first-order valence-electron chi connectivity index (χ1n) is 5.68. The van der Waals surface area contributed by atoms with Gasteiger partial charge in [-0.05, 0) is 32.7 Å². The normalized spacial score (nSPS) is 35.5. The van der Waals surface area contributed by atoms with Gasteiger partial charge >= 0.3 is 5.97 Å². The third-order valence-electron chi connectivity index (χ3n) is 3.65. The molecule has 2 bridgehead atoms. The van der Waals surface area contributed by atoms with E-state index in [4.69, 9.17) is 16.3 Å². The third kappa shape index (κ3) is 2.45. The summed E-state index contributed by atoms with van der Waals surface area (Å²) in [5, 5.41) is 0. The quantitative estimate of drug-likeness (QED) is 0.548. The van der Waals surface area contributed by atoms with Gasteiger partial charge in [-0.25, -0.2) is 0 Å². The smallest absolute Gasteiger partial charge is 0.307 e. The minimum absolute atomic E-state index is 0.134. The van der Waals surface area contributed by atoms with Crippen LogP contribution in [-0.4, -0.2) is 42.0 Å². The van der Waals surface area contributed by atoms with E-state index in [-0.39, 0.29) is 12.1 Å². The molecule has 0 aromatic carbocycles. The van der Waals surface area contributed by atoms with Crippen molar-refractivity contribution in [3.05, 3.63) is 0 Å². The Bertz CT molecular complexity index is 233. The van der Waals surface area contributed by atoms with Crippen LogP contribution in [-0.2, 0) is 9.53 Å². The summed E-state index contributed by atoms with van der Waals surface area (Å²) in [6, 6.07) is 1.25. The summed E-state index contributed by atoms with van der Waals surface area (Å²) in [6.07, 6.45) is 4.98. The highest BCUT2D eigenvalue weighted by Gasteiger charge is 2.39. The van der Waals surface area contributed by atoms with Crippen molar-refractivity contribution in [1.82, 2.24) is 4.90 Å². The summed E-state index contributed by atoms with van der Waals surface area (Å²) in [7, 11) is 2.18. The van der Waals surface area contributed by atoms with E-state index in [0.717, 1.165) is 12.8 Å². The number of halogens is 1. The molecule has 2 heterocycles. The highest BCUT2D eigenvalue weighted by Crippen LogP contribution is 2.35. The Kier molecular flexibility index (Phi) is 3.52. The van der Waals surface area contributed by atoms with Crippen LogP contribution in [0.3, 0.4) is 0 Å². The highest BCUT2D eigenvalue weighted by atomic mass is 35.5. The lowest BCUT2D eigenvalue weighted by Crippen LogP contribution is -2.43. The van der Waals surface area contributed by atoms with Crippen molar-refractivity contribution >= 4 is 17.6 Å². The zero-order valence-electron chi connectivity index (χ0n) is 9.12. The molecule has 4 heteroatoms. The molecule has 0 amide bonds. The molecular formula is C11H18ClNO2. The van der Waals surface area contributed by atoms with E-state index in [0.29, 0.717) is 24.4 Å². The van der Waals surface area contributed by atoms with Crippen molar-refractivity contribution < 1.29 is 9.53 Å². The van der Waals surface area contributed by atoms with E-state index in [1.165, 1.54) is 12.8 Å². The van der Waals surface area contributed by atoms with E-state index in [2.05, 4.69) is 11.9 Å². The fourth-order valence-corrected chi connectivity index (χ4v) is 2.93. The van der Waals surface area contributed by atoms with Gasteiger partial charge in [0.15, 0.2) is 0 Å². The molecule has 0 saturated carbocycles. The predicted molar refractivity (Wildman–Crippen MR) is 59.0 cm³/mol. The highest BCUT2D eigenvalue weighted by molar-refractivity contribution is 6.18. The molecule has 1 unspecified atom stereocenters. The van der Waals surface area contributed by atoms with Crippen molar-refractivity contribution in [1.29, 1.82) is 0 Å². The predicted octanol–water partition coefficient (Wildman–Crippen LogP) is 1.78. The Hall–Kier alpha value is -0.280. The zero-order chi connectivity index (χ0) is 10.8. The van der Waals surface area contributed by atoms with Crippen LogP contribution in [0.4, 0.5) is 0 Å². The summed E-state index contributed by atoms with van der Waals surface area (Å²) in [5.74, 6) is 0.220. The molecule has 2 fully saturated rings. The molecule has 15 heavy (non-hydrogen) atoms. The standard InChI is InChI=1S/C11H18ClNO2/c1-13-8-2-3-9(13)7-10(6-8)15-11(14)4-5-12/h8-10H,2-7H2,1H3/t8-,9+,10?. The average Bonchev–Trinajstić information content (AvgIpc) is 2.43. The van der Waals surface area contributed by atoms with Crippen molar-refractivity contribution in [3.63, 3.8) is 0 Å². The first kappa shape index (κ1) is 11.2. The van der Waals surface area contributed by atoms with Crippen molar-refractivity contribution in [3.8, 4) is 0 Å². The molecule has 0 N–H and O–H groups in total. The Morgan fingerprint density at radius 2 is 2.00 bits per heavy atom. The second kappa shape index (κ2) is 4.71. The van der Waals surface area contributed by atoms with Gasteiger partial charge in [0.2, 0.25) is 0 Å². The van der Waals surface area contributed by atoms with Gasteiger partial charge in [0.05, 0.1) is 6.42 Å². The number of alkyl halides is 1. The Morgan fingerprint density at radius 1 is 1.40 bits per heavy atom. The van der Waals surface area contributed by atoms with Crippen LogP contribution in [0.1, 0.15) is 32.1 Å². The van der Waals surface area contributed by atoms with Gasteiger partial charge in [-0.15, -0.1) is 11.6 Å². The molecule has 3 nitrogen and oxygen atoms in total. The number of hydrogen-bond donors (Lipinski definition) is 0. The monoisotopic (exact) mass is 231 g/mol. The van der Waals surface area contributed by atoms with Gasteiger partial charge < -0.3 is 9.64 Å². The Labute approximate surface area is 95.7 Å². The lowest BCUT2D eigenvalue weighted by Gasteiger charge is -2.35. The molecule has 2 rings (SSSR count). The summed E-state index contributed by atoms with van der Waals surface area (Å²) in [5.41, 5.74) is 0. The van der Waals surface area contributed by atoms with Gasteiger partial charge in [0.25, 0.3) is 0 Å². The maximum absolute atomic E-state index is 11.3. The van der Waals surface area contributed by atoms with Crippen LogP contribution in [0.15, 0.2) is 0 Å². The zero-order valence-corrected chi connectivity index (χ0v) is 9.87. The van der Waals surface area contributed by atoms with Crippen LogP contribution >= 0.6 is 11.6 Å². The molecule has 2 aliphatic heterocycles. The molecule has 0 spiro atoms. The fourth-order valence-electron chi connectivity index (χ4n) is 2.78. The van der Waals surface area contributed by atoms with Gasteiger partial charge in [-0.3, -0.25) is 4.79 Å². The minimum atomic E-state index is -0.140. The maximum Gasteiger partial charge on any atom is 0.307 e. The number of fused-ring (bicyclic) bond motifs is 2. The van der Waals surface area contributed by atoms with E-state index >= 15 is 0 Å². The molecule has 0 aromatic rings. The summed E-state index contributed by atoms with van der Waals surface area (Å²) >= 11 is 5.50. The Balaban J connectivity index is 1.84. The fraction of sp³-hybridized carbons (Fsp3) is 0.909. The minimum Gasteiger partial charge on any atom is -0.462 e. The molecule has 3 atom stereocenters. The first-order chi connectivity index (χ1) is 7.20. The number of piperidine rings is 1. The van der Waals surface area contributed by atoms with E-state index in [9.17, 15) is 4.79 Å². The van der Waals surface area contributed by atoms with Crippen LogP contribution in [0, 0.1) is 0 Å². The molecule has 2 saturated heterocycles. The van der Waals surface area contributed by atoms with Crippen LogP contribution in [0.25, 0.3) is 0 Å². The molecule has 2 aliphatic rings. The largest absolute Gasteiger partial charge is 0.462 e. The second-order valence-corrected chi connectivity index (χ2v) is 4.95. The summed E-state index contributed by atoms with van der Waals surface area (Å²) < 4.78 is 5.41. The SMILES string of the molecule is CN1[C@@H]2CC[C@H]1CC(OC(=O)CCCl)C2. The molecule has 0 radical (unpaired) electrons. The summed E-state index contributed by atoms with van der Waals surface area (Å²) in [4.78, 5) is 13.7. The third-order valence-corrected chi connectivity index (χ3v) is 3.84. The van der Waals surface area contributed by atoms with Crippen molar-refractivity contribution in [2.75, 3.05) is 12.9 Å². The van der Waals surface area contributed by atoms with Crippen molar-refractivity contribution in [2.45, 2.75) is 50.3 Å². The number of nitrogens with zero attached hydrogens (tertiary/aromatic N) is 1. The van der Waals surface area contributed by atoms with Crippen LogP contribution < -0.4 is 0 Å². The molecular weight excluding hydrogens is 214 g/mol. The molecule has 0 aliphatic carbocycles. The topological polar surface area (TPSA) is 29.5 Å². The van der Waals surface area contributed by atoms with Gasteiger partial charge in [-0.2, -0.15) is 0 Å². The number of esters is 1. The van der Waals surface area contributed by atoms with Crippen molar-refractivity contribution in [2.24, 2.45) is 0 Å². The first-order valence-corrected chi connectivity index (χ1v) is 6.21. The summed E-state index contributed by atoms with van der Waals surface area (Å²) in [6.45, 7) is 0. The molecule has 86 valence electrons. The maximum atomic E-state index is 11.3. The molecule has 0 aromatic heterocycles. The number of ether oxygens (including phenoxy) is 1. The van der Waals surface area contributed by atoms with Crippen LogP contribution in [0.5, 0.6) is 0 Å². The number of carbonyl (C=O) groups is 1. The van der Waals surface area contributed by atoms with E-state index in [1.807, 2.05) is 0 Å². The Morgan fingerprint density at radius 3 is 2.53 bits per heavy atom. The lowest BCUT2D eigenvalue weighted by molar-refractivity contribution is -0.151. The van der Waals surface area contributed by atoms with E-state index in [1.54, 1.807) is 0 Å². The number of rotatable bonds is 3.